The van der Waals surface area contributed by atoms with Gasteiger partial charge in [0.2, 0.25) is 5.91 Å². The molecule has 0 bridgehead atoms. The number of halogens is 1. The van der Waals surface area contributed by atoms with Crippen molar-refractivity contribution in [3.63, 3.8) is 0 Å². The van der Waals surface area contributed by atoms with Crippen molar-refractivity contribution in [1.82, 2.24) is 15.2 Å². The quantitative estimate of drug-likeness (QED) is 0.863. The van der Waals surface area contributed by atoms with Crippen molar-refractivity contribution in [2.45, 2.75) is 13.0 Å². The van der Waals surface area contributed by atoms with Crippen molar-refractivity contribution in [3.05, 3.63) is 30.1 Å². The summed E-state index contributed by atoms with van der Waals surface area (Å²) in [5.41, 5.74) is 0.918. The van der Waals surface area contributed by atoms with Crippen LogP contribution in [0.4, 0.5) is 0 Å². The summed E-state index contributed by atoms with van der Waals surface area (Å²) in [6, 6.07) is 3.56. The molecule has 1 unspecified atom stereocenters. The van der Waals surface area contributed by atoms with E-state index >= 15 is 0 Å². The number of rotatable bonds is 4. The van der Waals surface area contributed by atoms with E-state index in [1.54, 1.807) is 24.2 Å². The van der Waals surface area contributed by atoms with Crippen LogP contribution < -0.4 is 5.32 Å². The Morgan fingerprint density at radius 2 is 2.29 bits per heavy atom. The number of carbonyl (C=O) groups excluding carboxylic acids is 1. The van der Waals surface area contributed by atoms with Crippen LogP contribution in [0.15, 0.2) is 24.5 Å². The first kappa shape index (κ1) is 17.9. The first-order chi connectivity index (χ1) is 9.53. The van der Waals surface area contributed by atoms with Crippen molar-refractivity contribution < 1.29 is 13.2 Å². The highest BCUT2D eigenvalue weighted by Crippen LogP contribution is 2.21. The molecule has 2 rings (SSSR count). The molecule has 6 nitrogen and oxygen atoms in total. The van der Waals surface area contributed by atoms with Gasteiger partial charge in [-0.05, 0) is 11.6 Å². The van der Waals surface area contributed by atoms with Crippen LogP contribution in [-0.2, 0) is 14.6 Å². The summed E-state index contributed by atoms with van der Waals surface area (Å²) in [5.74, 6) is -0.759. The number of hydrogen-bond donors (Lipinski definition) is 1. The van der Waals surface area contributed by atoms with Crippen LogP contribution in [0.3, 0.4) is 0 Å². The zero-order valence-corrected chi connectivity index (χ0v) is 13.5. The van der Waals surface area contributed by atoms with E-state index in [9.17, 15) is 13.2 Å². The number of pyridine rings is 1. The van der Waals surface area contributed by atoms with Gasteiger partial charge in [-0.3, -0.25) is 9.78 Å². The average Bonchev–Trinajstić information content (AvgIpc) is 2.48. The molecule has 8 heteroatoms. The number of piperazine rings is 1. The number of carbonyl (C=O) groups is 1. The Morgan fingerprint density at radius 1 is 1.52 bits per heavy atom. The monoisotopic (exact) mass is 333 g/mol. The Hall–Kier alpha value is -1.18. The van der Waals surface area contributed by atoms with E-state index in [2.05, 4.69) is 10.3 Å². The van der Waals surface area contributed by atoms with Gasteiger partial charge in [-0.15, -0.1) is 12.4 Å². The van der Waals surface area contributed by atoms with Crippen molar-refractivity contribution >= 4 is 28.2 Å². The minimum Gasteiger partial charge on any atom is -0.332 e. The van der Waals surface area contributed by atoms with Crippen LogP contribution in [0.1, 0.15) is 18.5 Å². The lowest BCUT2D eigenvalue weighted by Crippen LogP contribution is -2.50. The molecule has 1 fully saturated rings. The number of aromatic nitrogens is 1. The summed E-state index contributed by atoms with van der Waals surface area (Å²) in [4.78, 5) is 18.0. The van der Waals surface area contributed by atoms with Gasteiger partial charge in [-0.25, -0.2) is 8.42 Å². The molecule has 2 heterocycles. The zero-order valence-electron chi connectivity index (χ0n) is 11.9. The molecule has 1 saturated heterocycles. The van der Waals surface area contributed by atoms with Crippen molar-refractivity contribution in [3.8, 4) is 0 Å². The molecular weight excluding hydrogens is 314 g/mol. The molecule has 21 heavy (non-hydrogen) atoms. The number of hydrogen-bond acceptors (Lipinski definition) is 5. The van der Waals surface area contributed by atoms with Crippen molar-refractivity contribution in [2.24, 2.45) is 0 Å². The normalized spacial score (nSPS) is 18.9. The number of sulfone groups is 1. The minimum atomic E-state index is -3.30. The smallest absolute Gasteiger partial charge is 0.238 e. The molecule has 1 amide bonds. The highest BCUT2D eigenvalue weighted by molar-refractivity contribution is 7.92. The van der Waals surface area contributed by atoms with Gasteiger partial charge in [0, 0.05) is 37.8 Å². The van der Waals surface area contributed by atoms with Crippen LogP contribution in [0, 0.1) is 0 Å². The van der Waals surface area contributed by atoms with Gasteiger partial charge in [0.25, 0.3) is 0 Å². The molecule has 1 atom stereocenters. The molecule has 0 radical (unpaired) electrons. The first-order valence-electron chi connectivity index (χ1n) is 6.64. The Kier molecular flexibility index (Phi) is 6.57. The van der Waals surface area contributed by atoms with Crippen molar-refractivity contribution in [1.29, 1.82) is 0 Å². The third-order valence-corrected chi connectivity index (χ3v) is 4.98. The van der Waals surface area contributed by atoms with Crippen LogP contribution in [-0.4, -0.2) is 55.3 Å². The summed E-state index contributed by atoms with van der Waals surface area (Å²) in [6.45, 7) is 3.36. The second-order valence-corrected chi connectivity index (χ2v) is 7.12. The van der Waals surface area contributed by atoms with E-state index in [1.807, 2.05) is 12.1 Å². The van der Waals surface area contributed by atoms with Gasteiger partial charge in [-0.2, -0.15) is 0 Å². The Balaban J connectivity index is 0.00000220. The molecule has 1 aliphatic rings. The second kappa shape index (κ2) is 7.72. The van der Waals surface area contributed by atoms with Gasteiger partial charge < -0.3 is 10.2 Å². The van der Waals surface area contributed by atoms with Gasteiger partial charge >= 0.3 is 0 Å². The van der Waals surface area contributed by atoms with Gasteiger partial charge in [0.15, 0.2) is 9.84 Å². The maximum absolute atomic E-state index is 12.3. The minimum absolute atomic E-state index is 0. The molecule has 1 N–H and O–H groups in total. The van der Waals surface area contributed by atoms with Gasteiger partial charge in [-0.1, -0.05) is 13.0 Å². The maximum atomic E-state index is 12.3. The molecular formula is C13H20ClN3O3S. The van der Waals surface area contributed by atoms with E-state index in [1.165, 1.54) is 0 Å². The van der Waals surface area contributed by atoms with Crippen LogP contribution in [0.5, 0.6) is 0 Å². The second-order valence-electron chi connectivity index (χ2n) is 4.77. The number of nitrogens with zero attached hydrogens (tertiary/aromatic N) is 2. The highest BCUT2D eigenvalue weighted by Gasteiger charge is 2.30. The molecule has 1 aromatic rings. The molecule has 0 aliphatic carbocycles. The lowest BCUT2D eigenvalue weighted by molar-refractivity contribution is -0.131. The fourth-order valence-corrected chi connectivity index (χ4v) is 2.99. The molecule has 0 saturated carbocycles. The molecule has 0 spiro atoms. The lowest BCUT2D eigenvalue weighted by atomic mass is 10.1. The third-order valence-electron chi connectivity index (χ3n) is 3.42. The third kappa shape index (κ3) is 4.66. The fraction of sp³-hybridized carbons (Fsp3) is 0.538. The van der Waals surface area contributed by atoms with Gasteiger partial charge in [0.05, 0.1) is 6.04 Å². The van der Waals surface area contributed by atoms with Gasteiger partial charge in [0.1, 0.15) is 5.75 Å². The standard InChI is InChI=1S/C13H19N3O3S.ClH/c1-2-20(18,19)10-13(17)16-7-6-15-9-12(16)11-4-3-5-14-8-11;/h3-5,8,12,15H,2,6-7,9-10H2,1H3;1H. The number of amides is 1. The maximum Gasteiger partial charge on any atom is 0.238 e. The van der Waals surface area contributed by atoms with E-state index < -0.39 is 15.6 Å². The summed E-state index contributed by atoms with van der Waals surface area (Å²) in [7, 11) is -3.30. The van der Waals surface area contributed by atoms with Crippen molar-refractivity contribution in [2.75, 3.05) is 31.1 Å². The van der Waals surface area contributed by atoms with E-state index in [0.29, 0.717) is 19.6 Å². The molecule has 118 valence electrons. The predicted molar refractivity (Wildman–Crippen MR) is 83.1 cm³/mol. The van der Waals surface area contributed by atoms with Crippen LogP contribution in [0.25, 0.3) is 0 Å². The fourth-order valence-electron chi connectivity index (χ4n) is 2.25. The topological polar surface area (TPSA) is 79.4 Å². The Bertz CT molecular complexity index is 565. The van der Waals surface area contributed by atoms with E-state index in [-0.39, 0.29) is 30.1 Å². The Labute approximate surface area is 131 Å². The predicted octanol–water partition coefficient (Wildman–Crippen LogP) is 0.411. The summed E-state index contributed by atoms with van der Waals surface area (Å²) >= 11 is 0. The molecule has 1 aromatic heterocycles. The molecule has 0 aromatic carbocycles. The van der Waals surface area contributed by atoms with Crippen LogP contribution in [0.2, 0.25) is 0 Å². The summed E-state index contributed by atoms with van der Waals surface area (Å²) < 4.78 is 23.2. The largest absolute Gasteiger partial charge is 0.332 e. The summed E-state index contributed by atoms with van der Waals surface area (Å²) in [5, 5.41) is 3.22. The molecule has 1 aliphatic heterocycles. The average molecular weight is 334 g/mol. The first-order valence-corrected chi connectivity index (χ1v) is 8.46. The van der Waals surface area contributed by atoms with Crippen LogP contribution >= 0.6 is 12.4 Å². The lowest BCUT2D eigenvalue weighted by Gasteiger charge is -2.36. The zero-order chi connectivity index (χ0) is 14.6. The van der Waals surface area contributed by atoms with E-state index in [4.69, 9.17) is 0 Å². The number of nitrogens with one attached hydrogen (secondary N) is 1. The highest BCUT2D eigenvalue weighted by atomic mass is 35.5. The SMILES string of the molecule is CCS(=O)(=O)CC(=O)N1CCNCC1c1cccnc1.Cl. The summed E-state index contributed by atoms with van der Waals surface area (Å²) in [6.07, 6.45) is 3.39. The van der Waals surface area contributed by atoms with E-state index in [0.717, 1.165) is 5.56 Å². The Morgan fingerprint density at radius 3 is 2.90 bits per heavy atom.